The Bertz CT molecular complexity index is 1220. The van der Waals surface area contributed by atoms with E-state index in [0.29, 0.717) is 5.69 Å². The van der Waals surface area contributed by atoms with Crippen molar-refractivity contribution in [2.75, 3.05) is 0 Å². The lowest BCUT2D eigenvalue weighted by molar-refractivity contribution is -0.143. The van der Waals surface area contributed by atoms with Gasteiger partial charge in [-0.05, 0) is 19.8 Å². The van der Waals surface area contributed by atoms with Crippen LogP contribution < -0.4 is 32.3 Å². The SMILES string of the molecule is CC(C)[C@H](NC(=O)[C@H](Cc1cnc[nH]1)NC(=O)[C@H](C)NC(=O)[C@H](C)NC(=O)[C@H](CC(=O)O)NC(=O)[C@@H](N)CC(=O)O)C(=O)O. The van der Waals surface area contributed by atoms with E-state index in [4.69, 9.17) is 15.9 Å². The number of hydrogen-bond donors (Lipinski definition) is 10. The lowest BCUT2D eigenvalue weighted by Crippen LogP contribution is -2.59. The number of hydrogen-bond acceptors (Lipinski definition) is 10. The molecule has 0 spiro atoms. The summed E-state index contributed by atoms with van der Waals surface area (Å²) >= 11 is 0. The molecule has 0 saturated carbocycles. The normalized spacial score (nSPS) is 15.0. The minimum absolute atomic E-state index is 0.0953. The number of aromatic nitrogens is 2. The van der Waals surface area contributed by atoms with Crippen molar-refractivity contribution < 1.29 is 53.7 Å². The minimum Gasteiger partial charge on any atom is -0.481 e. The highest BCUT2D eigenvalue weighted by Gasteiger charge is 2.32. The second-order valence-electron chi connectivity index (χ2n) is 10.2. The van der Waals surface area contributed by atoms with Crippen LogP contribution in [-0.2, 0) is 44.8 Å². The standard InChI is InChI=1S/C25H38N8O11/c1-10(2)19(25(43)44)33-24(42)15(5-13-8-27-9-28-13)31-21(39)12(4)29-20(38)11(3)30-23(41)16(7-18(36)37)32-22(40)14(26)6-17(34)35/h8-12,14-16,19H,5-7,26H2,1-4H3,(H,27,28)(H,29,38)(H,30,41)(H,31,39)(H,32,40)(H,33,42)(H,34,35)(H,36,37)(H,43,44)/t11-,12-,14-,15-,16-,19-/m0/s1. The smallest absolute Gasteiger partial charge is 0.326 e. The highest BCUT2D eigenvalue weighted by Crippen LogP contribution is 2.06. The van der Waals surface area contributed by atoms with Crippen LogP contribution in [0.2, 0.25) is 0 Å². The van der Waals surface area contributed by atoms with Gasteiger partial charge >= 0.3 is 17.9 Å². The zero-order valence-corrected chi connectivity index (χ0v) is 24.4. The number of imidazole rings is 1. The number of carbonyl (C=O) groups excluding carboxylic acids is 5. The van der Waals surface area contributed by atoms with Gasteiger partial charge in [-0.2, -0.15) is 0 Å². The van der Waals surface area contributed by atoms with Crippen LogP contribution >= 0.6 is 0 Å². The highest BCUT2D eigenvalue weighted by atomic mass is 16.4. The van der Waals surface area contributed by atoms with Crippen LogP contribution in [0.5, 0.6) is 0 Å². The van der Waals surface area contributed by atoms with Gasteiger partial charge in [0.2, 0.25) is 29.5 Å². The Labute approximate surface area is 251 Å². The molecule has 19 nitrogen and oxygen atoms in total. The summed E-state index contributed by atoms with van der Waals surface area (Å²) in [5.41, 5.74) is 5.89. The van der Waals surface area contributed by atoms with Gasteiger partial charge in [-0.3, -0.25) is 33.6 Å². The van der Waals surface area contributed by atoms with Crippen molar-refractivity contribution in [1.82, 2.24) is 36.6 Å². The van der Waals surface area contributed by atoms with Gasteiger partial charge in [-0.1, -0.05) is 13.8 Å². The number of carbonyl (C=O) groups is 8. The molecule has 5 amide bonds. The third kappa shape index (κ3) is 12.4. The largest absolute Gasteiger partial charge is 0.481 e. The fraction of sp³-hybridized carbons (Fsp3) is 0.560. The zero-order chi connectivity index (χ0) is 33.7. The monoisotopic (exact) mass is 626 g/mol. The number of nitrogens with two attached hydrogens (primary N) is 1. The van der Waals surface area contributed by atoms with E-state index in [0.717, 1.165) is 0 Å². The van der Waals surface area contributed by atoms with Crippen LogP contribution in [0.3, 0.4) is 0 Å². The number of aliphatic carboxylic acids is 3. The first-order chi connectivity index (χ1) is 20.4. The molecule has 0 fully saturated rings. The summed E-state index contributed by atoms with van der Waals surface area (Å²) in [4.78, 5) is 103. The molecule has 0 unspecified atom stereocenters. The van der Waals surface area contributed by atoms with E-state index < -0.39 is 102 Å². The summed E-state index contributed by atoms with van der Waals surface area (Å²) in [5.74, 6) is -9.38. The van der Waals surface area contributed by atoms with Gasteiger partial charge in [-0.25, -0.2) is 9.78 Å². The van der Waals surface area contributed by atoms with Gasteiger partial charge in [0.05, 0.1) is 25.2 Å². The van der Waals surface area contributed by atoms with Crippen LogP contribution in [0.25, 0.3) is 0 Å². The van der Waals surface area contributed by atoms with Crippen LogP contribution in [-0.4, -0.2) is 109 Å². The summed E-state index contributed by atoms with van der Waals surface area (Å²) in [6, 6.07) is -8.43. The van der Waals surface area contributed by atoms with Crippen molar-refractivity contribution in [3.8, 4) is 0 Å². The number of nitrogens with zero attached hydrogens (tertiary/aromatic N) is 1. The molecule has 0 aromatic carbocycles. The summed E-state index contributed by atoms with van der Waals surface area (Å²) in [6.07, 6.45) is 0.953. The van der Waals surface area contributed by atoms with Gasteiger partial charge in [0.1, 0.15) is 30.2 Å². The van der Waals surface area contributed by atoms with E-state index in [2.05, 4.69) is 31.2 Å². The van der Waals surface area contributed by atoms with Gasteiger partial charge in [0, 0.05) is 18.3 Å². The topological polar surface area (TPSA) is 312 Å². The van der Waals surface area contributed by atoms with Crippen LogP contribution in [0.15, 0.2) is 12.5 Å². The molecule has 0 bridgehead atoms. The molecule has 6 atom stereocenters. The third-order valence-corrected chi connectivity index (χ3v) is 6.09. The molecule has 11 N–H and O–H groups in total. The number of nitrogens with one attached hydrogen (secondary N) is 6. The van der Waals surface area contributed by atoms with Gasteiger partial charge in [0.25, 0.3) is 0 Å². The molecule has 0 aliphatic rings. The summed E-state index contributed by atoms with van der Waals surface area (Å²) in [6.45, 7) is 5.66. The molecule has 0 aliphatic carbocycles. The predicted octanol–water partition coefficient (Wildman–Crippen LogP) is -3.57. The van der Waals surface area contributed by atoms with E-state index in [1.807, 2.05) is 5.32 Å². The first kappa shape index (κ1) is 37.0. The molecule has 1 aromatic rings. The van der Waals surface area contributed by atoms with Crippen LogP contribution in [0.4, 0.5) is 0 Å². The Morgan fingerprint density at radius 1 is 0.727 bits per heavy atom. The number of H-pyrrole nitrogens is 1. The van der Waals surface area contributed by atoms with E-state index in [1.54, 1.807) is 13.8 Å². The Morgan fingerprint density at radius 2 is 1.23 bits per heavy atom. The highest BCUT2D eigenvalue weighted by molar-refractivity contribution is 5.97. The van der Waals surface area contributed by atoms with Crippen molar-refractivity contribution in [3.05, 3.63) is 18.2 Å². The van der Waals surface area contributed by atoms with Gasteiger partial charge < -0.3 is 52.6 Å². The number of carboxylic acids is 3. The Hall–Kier alpha value is -5.07. The molecule has 1 rings (SSSR count). The zero-order valence-electron chi connectivity index (χ0n) is 24.4. The fourth-order valence-corrected chi connectivity index (χ4v) is 3.62. The van der Waals surface area contributed by atoms with Crippen molar-refractivity contribution in [3.63, 3.8) is 0 Å². The van der Waals surface area contributed by atoms with Crippen LogP contribution in [0.1, 0.15) is 46.2 Å². The molecule has 0 aliphatic heterocycles. The first-order valence-electron chi connectivity index (χ1n) is 13.3. The third-order valence-electron chi connectivity index (χ3n) is 6.09. The average molecular weight is 627 g/mol. The summed E-state index contributed by atoms with van der Waals surface area (Å²) < 4.78 is 0. The van der Waals surface area contributed by atoms with Crippen molar-refractivity contribution in [1.29, 1.82) is 0 Å². The second-order valence-corrected chi connectivity index (χ2v) is 10.2. The van der Waals surface area contributed by atoms with E-state index in [1.165, 1.54) is 26.4 Å². The summed E-state index contributed by atoms with van der Waals surface area (Å²) in [5, 5.41) is 38.7. The first-order valence-corrected chi connectivity index (χ1v) is 13.3. The number of aromatic amines is 1. The number of carboxylic acid groups (broad SMARTS) is 3. The van der Waals surface area contributed by atoms with Crippen LogP contribution in [0, 0.1) is 5.92 Å². The van der Waals surface area contributed by atoms with Crippen molar-refractivity contribution >= 4 is 47.4 Å². The molecule has 1 heterocycles. The number of amides is 5. The molecule has 0 radical (unpaired) electrons. The quantitative estimate of drug-likeness (QED) is 0.0755. The van der Waals surface area contributed by atoms with E-state index >= 15 is 0 Å². The molecule has 244 valence electrons. The lowest BCUT2D eigenvalue weighted by Gasteiger charge is -2.25. The molecule has 1 aromatic heterocycles. The maximum absolute atomic E-state index is 12.9. The second kappa shape index (κ2) is 17.1. The Kier molecular flexibility index (Phi) is 14.4. The predicted molar refractivity (Wildman–Crippen MR) is 148 cm³/mol. The molecule has 44 heavy (non-hydrogen) atoms. The number of rotatable bonds is 18. The van der Waals surface area contributed by atoms with Crippen molar-refractivity contribution in [2.45, 2.75) is 83.2 Å². The van der Waals surface area contributed by atoms with Gasteiger partial charge in [0.15, 0.2) is 0 Å². The maximum atomic E-state index is 12.9. The Morgan fingerprint density at radius 3 is 1.70 bits per heavy atom. The maximum Gasteiger partial charge on any atom is 0.326 e. The summed E-state index contributed by atoms with van der Waals surface area (Å²) in [7, 11) is 0. The molecular formula is C25H38N8O11. The average Bonchev–Trinajstić information content (AvgIpc) is 3.42. The molecular weight excluding hydrogens is 588 g/mol. The lowest BCUT2D eigenvalue weighted by atomic mass is 10.0. The Balaban J connectivity index is 2.90. The fourth-order valence-electron chi connectivity index (χ4n) is 3.62. The minimum atomic E-state index is -1.71. The van der Waals surface area contributed by atoms with E-state index in [9.17, 15) is 43.5 Å². The van der Waals surface area contributed by atoms with E-state index in [-0.39, 0.29) is 6.42 Å². The molecule has 0 saturated heterocycles. The van der Waals surface area contributed by atoms with Gasteiger partial charge in [-0.15, -0.1) is 0 Å². The molecule has 19 heteroatoms. The van der Waals surface area contributed by atoms with Crippen molar-refractivity contribution in [2.24, 2.45) is 11.7 Å².